The van der Waals surface area contributed by atoms with Crippen molar-refractivity contribution in [1.29, 1.82) is 0 Å². The van der Waals surface area contributed by atoms with E-state index in [-0.39, 0.29) is 16.7 Å². The zero-order valence-electron chi connectivity index (χ0n) is 12.4. The number of hydrogen-bond donors (Lipinski definition) is 2. The second-order valence-corrected chi connectivity index (χ2v) is 6.89. The lowest BCUT2D eigenvalue weighted by atomic mass is 10.2. The molecule has 0 saturated heterocycles. The van der Waals surface area contributed by atoms with Crippen molar-refractivity contribution in [2.45, 2.75) is 38.1 Å². The maximum atomic E-state index is 12.8. The zero-order valence-corrected chi connectivity index (χ0v) is 13.2. The maximum absolute atomic E-state index is 12.8. The quantitative estimate of drug-likeness (QED) is 0.803. The van der Waals surface area contributed by atoms with E-state index in [2.05, 4.69) is 10.0 Å². The molecule has 0 fully saturated rings. The molecule has 0 aliphatic carbocycles. The smallest absolute Gasteiger partial charge is 0.241 e. The van der Waals surface area contributed by atoms with Gasteiger partial charge in [-0.1, -0.05) is 20.8 Å². The van der Waals surface area contributed by atoms with Crippen molar-refractivity contribution in [2.24, 2.45) is 5.92 Å². The summed E-state index contributed by atoms with van der Waals surface area (Å²) in [6.45, 7) is 6.09. The molecule has 0 aliphatic heterocycles. The van der Waals surface area contributed by atoms with Crippen LogP contribution in [0, 0.1) is 11.7 Å². The van der Waals surface area contributed by atoms with E-state index in [1.165, 1.54) is 0 Å². The predicted molar refractivity (Wildman–Crippen MR) is 78.6 cm³/mol. The fourth-order valence-corrected chi connectivity index (χ4v) is 2.90. The second kappa shape index (κ2) is 7.51. The number of benzene rings is 1. The normalized spacial score (nSPS) is 13.2. The number of sulfonamides is 1. The number of carbonyl (C=O) groups is 1. The van der Waals surface area contributed by atoms with E-state index in [0.29, 0.717) is 13.0 Å². The van der Waals surface area contributed by atoms with Gasteiger partial charge < -0.3 is 5.32 Å². The summed E-state index contributed by atoms with van der Waals surface area (Å²) >= 11 is 0. The van der Waals surface area contributed by atoms with E-state index in [1.807, 2.05) is 13.8 Å². The Bertz CT molecular complexity index is 570. The number of rotatable bonds is 7. The van der Waals surface area contributed by atoms with Crippen molar-refractivity contribution in [3.8, 4) is 0 Å². The monoisotopic (exact) mass is 316 g/mol. The average molecular weight is 316 g/mol. The molecule has 118 valence electrons. The Kier molecular flexibility index (Phi) is 6.29. The van der Waals surface area contributed by atoms with Crippen LogP contribution < -0.4 is 10.0 Å². The van der Waals surface area contributed by atoms with Gasteiger partial charge in [0, 0.05) is 6.54 Å². The van der Waals surface area contributed by atoms with Crippen molar-refractivity contribution < 1.29 is 17.6 Å². The highest BCUT2D eigenvalue weighted by Crippen LogP contribution is 2.11. The molecule has 0 aromatic heterocycles. The second-order valence-electron chi connectivity index (χ2n) is 5.18. The van der Waals surface area contributed by atoms with E-state index in [4.69, 9.17) is 0 Å². The van der Waals surface area contributed by atoms with Crippen LogP contribution in [-0.2, 0) is 14.8 Å². The molecule has 1 unspecified atom stereocenters. The van der Waals surface area contributed by atoms with Crippen LogP contribution in [0.5, 0.6) is 0 Å². The number of carbonyl (C=O) groups excluding carboxylic acids is 1. The summed E-state index contributed by atoms with van der Waals surface area (Å²) in [7, 11) is -3.85. The van der Waals surface area contributed by atoms with Crippen LogP contribution in [0.2, 0.25) is 0 Å². The number of halogens is 1. The fraction of sp³-hybridized carbons (Fsp3) is 0.500. The Hall–Kier alpha value is -1.47. The highest BCUT2D eigenvalue weighted by atomic mass is 32.2. The van der Waals surface area contributed by atoms with Gasteiger partial charge in [0.2, 0.25) is 15.9 Å². The topological polar surface area (TPSA) is 75.3 Å². The Labute approximate surface area is 125 Å². The lowest BCUT2D eigenvalue weighted by molar-refractivity contribution is -0.122. The molecular formula is C14H21FN2O3S. The molecule has 1 aromatic rings. The molecule has 1 aromatic carbocycles. The molecule has 0 heterocycles. The Morgan fingerprint density at radius 1 is 1.24 bits per heavy atom. The first-order chi connectivity index (χ1) is 9.76. The van der Waals surface area contributed by atoms with Gasteiger partial charge in [0.1, 0.15) is 11.9 Å². The Morgan fingerprint density at radius 3 is 2.29 bits per heavy atom. The summed E-state index contributed by atoms with van der Waals surface area (Å²) in [5.74, 6) is -0.604. The molecule has 0 radical (unpaired) electrons. The van der Waals surface area contributed by atoms with Gasteiger partial charge in [-0.05, 0) is 36.6 Å². The minimum atomic E-state index is -3.85. The highest BCUT2D eigenvalue weighted by Gasteiger charge is 2.24. The van der Waals surface area contributed by atoms with Crippen molar-refractivity contribution in [1.82, 2.24) is 10.0 Å². The van der Waals surface area contributed by atoms with Crippen LogP contribution >= 0.6 is 0 Å². The largest absolute Gasteiger partial charge is 0.354 e. The van der Waals surface area contributed by atoms with E-state index in [1.54, 1.807) is 6.92 Å². The number of hydrogen-bond acceptors (Lipinski definition) is 3. The number of amides is 1. The van der Waals surface area contributed by atoms with Gasteiger partial charge in [-0.2, -0.15) is 4.72 Å². The molecule has 21 heavy (non-hydrogen) atoms. The molecule has 5 nitrogen and oxygen atoms in total. The van der Waals surface area contributed by atoms with Crippen LogP contribution in [0.3, 0.4) is 0 Å². The minimum absolute atomic E-state index is 0.0704. The Balaban J connectivity index is 2.79. The summed E-state index contributed by atoms with van der Waals surface area (Å²) in [6.07, 6.45) is 0.324. The van der Waals surface area contributed by atoms with Crippen molar-refractivity contribution in [3.63, 3.8) is 0 Å². The van der Waals surface area contributed by atoms with Crippen LogP contribution in [-0.4, -0.2) is 26.9 Å². The van der Waals surface area contributed by atoms with Crippen LogP contribution in [0.25, 0.3) is 0 Å². The first-order valence-corrected chi connectivity index (χ1v) is 8.30. The molecule has 0 aliphatic rings. The van der Waals surface area contributed by atoms with Gasteiger partial charge >= 0.3 is 0 Å². The SMILES string of the molecule is CCC(NS(=O)(=O)c1ccc(F)cc1)C(=O)NCC(C)C. The molecule has 1 atom stereocenters. The summed E-state index contributed by atoms with van der Waals surface area (Å²) in [5.41, 5.74) is 0. The van der Waals surface area contributed by atoms with Gasteiger partial charge in [0.05, 0.1) is 4.90 Å². The van der Waals surface area contributed by atoms with Crippen molar-refractivity contribution in [3.05, 3.63) is 30.1 Å². The Morgan fingerprint density at radius 2 is 1.81 bits per heavy atom. The lowest BCUT2D eigenvalue weighted by Crippen LogP contribution is -2.47. The van der Waals surface area contributed by atoms with Crippen molar-refractivity contribution in [2.75, 3.05) is 6.54 Å². The van der Waals surface area contributed by atoms with E-state index in [0.717, 1.165) is 24.3 Å². The molecule has 7 heteroatoms. The zero-order chi connectivity index (χ0) is 16.0. The minimum Gasteiger partial charge on any atom is -0.354 e. The van der Waals surface area contributed by atoms with Gasteiger partial charge in [-0.25, -0.2) is 12.8 Å². The molecule has 1 amide bonds. The molecule has 2 N–H and O–H groups in total. The maximum Gasteiger partial charge on any atom is 0.241 e. The summed E-state index contributed by atoms with van der Waals surface area (Å²) in [6, 6.07) is 3.61. The van der Waals surface area contributed by atoms with E-state index in [9.17, 15) is 17.6 Å². The third-order valence-electron chi connectivity index (χ3n) is 2.83. The fourth-order valence-electron chi connectivity index (χ4n) is 1.62. The van der Waals surface area contributed by atoms with E-state index < -0.39 is 21.9 Å². The van der Waals surface area contributed by atoms with Gasteiger partial charge in [-0.15, -0.1) is 0 Å². The molecule has 0 saturated carbocycles. The number of nitrogens with one attached hydrogen (secondary N) is 2. The summed E-state index contributed by atoms with van der Waals surface area (Å²) in [4.78, 5) is 11.9. The van der Waals surface area contributed by atoms with E-state index >= 15 is 0 Å². The molecular weight excluding hydrogens is 295 g/mol. The first kappa shape index (κ1) is 17.6. The van der Waals surface area contributed by atoms with Crippen LogP contribution in [0.4, 0.5) is 4.39 Å². The predicted octanol–water partition coefficient (Wildman–Crippen LogP) is 1.65. The van der Waals surface area contributed by atoms with Crippen LogP contribution in [0.1, 0.15) is 27.2 Å². The van der Waals surface area contributed by atoms with Gasteiger partial charge in [-0.3, -0.25) is 4.79 Å². The summed E-state index contributed by atoms with van der Waals surface area (Å²) < 4.78 is 39.5. The van der Waals surface area contributed by atoms with Gasteiger partial charge in [0.25, 0.3) is 0 Å². The van der Waals surface area contributed by atoms with Gasteiger partial charge in [0.15, 0.2) is 0 Å². The average Bonchev–Trinajstić information content (AvgIpc) is 2.42. The molecule has 0 spiro atoms. The van der Waals surface area contributed by atoms with Crippen LogP contribution in [0.15, 0.2) is 29.2 Å². The lowest BCUT2D eigenvalue weighted by Gasteiger charge is -2.17. The molecule has 0 bridgehead atoms. The highest BCUT2D eigenvalue weighted by molar-refractivity contribution is 7.89. The van der Waals surface area contributed by atoms with Crippen molar-refractivity contribution >= 4 is 15.9 Å². The standard InChI is InChI=1S/C14H21FN2O3S/c1-4-13(14(18)16-9-10(2)3)17-21(19,20)12-7-5-11(15)6-8-12/h5-8,10,13,17H,4,9H2,1-3H3,(H,16,18). The molecule has 1 rings (SSSR count). The third-order valence-corrected chi connectivity index (χ3v) is 4.32. The third kappa shape index (κ3) is 5.43. The summed E-state index contributed by atoms with van der Waals surface area (Å²) in [5, 5.41) is 2.69. The first-order valence-electron chi connectivity index (χ1n) is 6.82.